The first kappa shape index (κ1) is 23.2. The molecule has 0 aromatic carbocycles. The third-order valence-electron chi connectivity index (χ3n) is 8.78. The number of fused-ring (bicyclic) bond motifs is 1. The van der Waals surface area contributed by atoms with Crippen LogP contribution in [-0.4, -0.2) is 6.04 Å². The van der Waals surface area contributed by atoms with Crippen LogP contribution in [0.4, 0.5) is 0 Å². The average molecular weight is 410 g/mol. The van der Waals surface area contributed by atoms with Crippen molar-refractivity contribution in [3.8, 4) is 0 Å². The van der Waals surface area contributed by atoms with E-state index >= 15 is 0 Å². The maximum atomic E-state index is 11.0. The fourth-order valence-electron chi connectivity index (χ4n) is 6.34. The first-order valence-corrected chi connectivity index (χ1v) is 12.3. The van der Waals surface area contributed by atoms with Crippen molar-refractivity contribution in [2.45, 2.75) is 92.0 Å². The molecule has 3 aliphatic carbocycles. The van der Waals surface area contributed by atoms with Crippen LogP contribution < -0.4 is 0 Å². The number of rotatable bonds is 6. The van der Waals surface area contributed by atoms with Crippen molar-refractivity contribution < 1.29 is 0 Å². The van der Waals surface area contributed by atoms with Crippen LogP contribution in [0.1, 0.15) is 86.0 Å². The molecule has 30 heavy (non-hydrogen) atoms. The molecule has 0 N–H and O–H groups in total. The predicted octanol–water partition coefficient (Wildman–Crippen LogP) is 8.42. The van der Waals surface area contributed by atoms with Crippen LogP contribution >= 0.6 is 0 Å². The van der Waals surface area contributed by atoms with Crippen molar-refractivity contribution in [3.05, 3.63) is 52.5 Å². The van der Waals surface area contributed by atoms with Gasteiger partial charge in [-0.3, -0.25) is 0 Å². The van der Waals surface area contributed by atoms with Gasteiger partial charge in [-0.25, -0.2) is 0 Å². The van der Waals surface area contributed by atoms with Gasteiger partial charge in [0, 0.05) is 0 Å². The Bertz CT molecular complexity index is 727. The van der Waals surface area contributed by atoms with Gasteiger partial charge in [-0.15, -0.1) is 0 Å². The van der Waals surface area contributed by atoms with Gasteiger partial charge < -0.3 is 0 Å². The van der Waals surface area contributed by atoms with E-state index in [9.17, 15) is 4.91 Å². The smallest absolute Gasteiger partial charge is 0.0963 e. The van der Waals surface area contributed by atoms with Gasteiger partial charge in [0.05, 0.1) is 6.04 Å². The summed E-state index contributed by atoms with van der Waals surface area (Å²) < 4.78 is 0. The zero-order chi connectivity index (χ0) is 21.9. The zero-order valence-corrected chi connectivity index (χ0v) is 20.0. The molecule has 0 spiro atoms. The molecular weight excluding hydrogens is 366 g/mol. The highest BCUT2D eigenvalue weighted by atomic mass is 16.3. The molecule has 0 heterocycles. The molecule has 6 atom stereocenters. The van der Waals surface area contributed by atoms with Gasteiger partial charge >= 0.3 is 0 Å². The third kappa shape index (κ3) is 4.89. The quantitative estimate of drug-likeness (QED) is 0.320. The van der Waals surface area contributed by atoms with E-state index in [1.54, 1.807) is 5.57 Å². The highest BCUT2D eigenvalue weighted by molar-refractivity contribution is 5.36. The summed E-state index contributed by atoms with van der Waals surface area (Å²) >= 11 is 0. The van der Waals surface area contributed by atoms with Crippen LogP contribution in [-0.2, 0) is 0 Å². The van der Waals surface area contributed by atoms with Crippen molar-refractivity contribution in [1.29, 1.82) is 0 Å². The highest BCUT2D eigenvalue weighted by Crippen LogP contribution is 2.59. The van der Waals surface area contributed by atoms with Gasteiger partial charge in [-0.1, -0.05) is 81.8 Å². The monoisotopic (exact) mass is 409 g/mol. The summed E-state index contributed by atoms with van der Waals surface area (Å²) in [7, 11) is 0. The molecule has 0 radical (unpaired) electrons. The van der Waals surface area contributed by atoms with Crippen molar-refractivity contribution >= 4 is 0 Å². The normalized spacial score (nSPS) is 37.1. The molecular formula is C28H43NO. The minimum absolute atomic E-state index is 0.0616. The summed E-state index contributed by atoms with van der Waals surface area (Å²) in [5, 5.41) is 3.30. The molecule has 166 valence electrons. The van der Waals surface area contributed by atoms with E-state index in [1.807, 2.05) is 0 Å². The lowest BCUT2D eigenvalue weighted by atomic mass is 9.61. The third-order valence-corrected chi connectivity index (χ3v) is 8.78. The van der Waals surface area contributed by atoms with Crippen molar-refractivity contribution in [2.24, 2.45) is 40.2 Å². The van der Waals surface area contributed by atoms with Gasteiger partial charge in [0.25, 0.3) is 0 Å². The van der Waals surface area contributed by atoms with Crippen LogP contribution in [0.5, 0.6) is 0 Å². The van der Waals surface area contributed by atoms with Gasteiger partial charge in [0.15, 0.2) is 0 Å². The summed E-state index contributed by atoms with van der Waals surface area (Å²) in [6, 6.07) is -0.0616. The van der Waals surface area contributed by atoms with Gasteiger partial charge in [-0.05, 0) is 91.9 Å². The van der Waals surface area contributed by atoms with Crippen molar-refractivity contribution in [1.82, 2.24) is 0 Å². The molecule has 3 saturated carbocycles. The fourth-order valence-corrected chi connectivity index (χ4v) is 6.34. The Kier molecular flexibility index (Phi) is 7.58. The van der Waals surface area contributed by atoms with Gasteiger partial charge in [-0.2, -0.15) is 4.91 Å². The minimum Gasteiger partial charge on any atom is -0.151 e. The Hall–Kier alpha value is -1.44. The van der Waals surface area contributed by atoms with Gasteiger partial charge in [0.1, 0.15) is 0 Å². The van der Waals surface area contributed by atoms with E-state index in [0.29, 0.717) is 29.1 Å². The first-order valence-electron chi connectivity index (χ1n) is 12.3. The Balaban J connectivity index is 1.75. The lowest BCUT2D eigenvalue weighted by Crippen LogP contribution is -2.35. The summed E-state index contributed by atoms with van der Waals surface area (Å²) in [5.41, 5.74) is 4.51. The second kappa shape index (κ2) is 9.79. The number of nitroso groups, excluding NO2 is 1. The highest BCUT2D eigenvalue weighted by Gasteiger charge is 2.50. The van der Waals surface area contributed by atoms with Crippen molar-refractivity contribution in [3.63, 3.8) is 0 Å². The van der Waals surface area contributed by atoms with Crippen LogP contribution in [0.15, 0.2) is 52.8 Å². The van der Waals surface area contributed by atoms with Crippen LogP contribution in [0, 0.1) is 39.9 Å². The summed E-state index contributed by atoms with van der Waals surface area (Å²) in [6.45, 7) is 16.2. The maximum absolute atomic E-state index is 11.0. The Labute approximate surface area is 185 Å². The molecule has 6 unspecified atom stereocenters. The van der Waals surface area contributed by atoms with Crippen molar-refractivity contribution in [2.75, 3.05) is 0 Å². The molecule has 0 aromatic rings. The molecule has 3 rings (SSSR count). The molecule has 2 nitrogen and oxygen atoms in total. The average Bonchev–Trinajstić information content (AvgIpc) is 3.08. The van der Waals surface area contributed by atoms with Gasteiger partial charge in [0.2, 0.25) is 0 Å². The molecule has 0 aliphatic heterocycles. The van der Waals surface area contributed by atoms with E-state index in [4.69, 9.17) is 0 Å². The van der Waals surface area contributed by atoms with E-state index < -0.39 is 0 Å². The standard InChI is InChI=1S/C28H43NO/c1-19(2)20(3)9-10-22(5)26-15-16-27-23(8-7-17-28(26,27)6)12-13-24-18-25(29-30)14-11-21(24)4/h9-10,12-13,19-20,22,25-27H,4,7-8,11,14-18H2,1-3,5-6H3/b10-9+,23-12+,24-13-. The van der Waals surface area contributed by atoms with E-state index in [2.05, 4.69) is 70.7 Å². The summed E-state index contributed by atoms with van der Waals surface area (Å²) in [5.74, 6) is 3.50. The molecule has 2 heteroatoms. The van der Waals surface area contributed by atoms with E-state index in [1.165, 1.54) is 43.3 Å². The Morgan fingerprint density at radius 1 is 1.07 bits per heavy atom. The lowest BCUT2D eigenvalue weighted by Gasteiger charge is -2.44. The number of hydrogen-bond donors (Lipinski definition) is 0. The lowest BCUT2D eigenvalue weighted by molar-refractivity contribution is 0.112. The first-order chi connectivity index (χ1) is 14.3. The molecule has 0 amide bonds. The van der Waals surface area contributed by atoms with E-state index in [-0.39, 0.29) is 6.04 Å². The molecule has 0 aromatic heterocycles. The minimum atomic E-state index is -0.0616. The second-order valence-corrected chi connectivity index (χ2v) is 11.0. The number of allylic oxidation sites excluding steroid dienone is 6. The summed E-state index contributed by atoms with van der Waals surface area (Å²) in [4.78, 5) is 11.0. The largest absolute Gasteiger partial charge is 0.151 e. The Morgan fingerprint density at radius 3 is 2.53 bits per heavy atom. The SMILES string of the molecule is C=C1CCC(N=O)C/C1=C/C=C1\CCCC2(C)C1CCC2C(C)/C=C/C(C)C(C)C. The fraction of sp³-hybridized carbons (Fsp3) is 0.714. The Morgan fingerprint density at radius 2 is 1.83 bits per heavy atom. The van der Waals surface area contributed by atoms with Crippen LogP contribution in [0.25, 0.3) is 0 Å². The number of hydrogen-bond acceptors (Lipinski definition) is 2. The second-order valence-electron chi connectivity index (χ2n) is 11.0. The van der Waals surface area contributed by atoms with E-state index in [0.717, 1.165) is 25.2 Å². The molecule has 3 fully saturated rings. The van der Waals surface area contributed by atoms with Crippen LogP contribution in [0.3, 0.4) is 0 Å². The maximum Gasteiger partial charge on any atom is 0.0963 e. The van der Waals surface area contributed by atoms with Crippen LogP contribution in [0.2, 0.25) is 0 Å². The number of nitrogens with zero attached hydrogens (tertiary/aromatic N) is 1. The predicted molar refractivity (Wildman–Crippen MR) is 129 cm³/mol. The molecule has 0 saturated heterocycles. The zero-order valence-electron chi connectivity index (χ0n) is 20.0. The molecule has 0 bridgehead atoms. The molecule has 3 aliphatic rings. The summed E-state index contributed by atoms with van der Waals surface area (Å²) in [6.07, 6.45) is 18.8. The topological polar surface area (TPSA) is 29.4 Å².